The number of Topliss-reactive ketones (excluding diaryl/α,β-unsaturated/α-hetero) is 1. The van der Waals surface area contributed by atoms with E-state index in [2.05, 4.69) is 23.8 Å². The minimum atomic E-state index is 0.415. The quantitative estimate of drug-likeness (QED) is 0.705. The minimum absolute atomic E-state index is 0.415. The number of carbonyl (C=O) groups is 1. The number of hydrogen-bond acceptors (Lipinski definition) is 3. The van der Waals surface area contributed by atoms with E-state index in [4.69, 9.17) is 0 Å². The van der Waals surface area contributed by atoms with Crippen molar-refractivity contribution >= 4 is 5.78 Å². The van der Waals surface area contributed by atoms with Crippen LogP contribution in [0.2, 0.25) is 0 Å². The van der Waals surface area contributed by atoms with Crippen LogP contribution in [0.25, 0.3) is 0 Å². The van der Waals surface area contributed by atoms with E-state index in [0.717, 1.165) is 19.4 Å². The second-order valence-corrected chi connectivity index (χ2v) is 5.32. The molecular weight excluding hydrogens is 200 g/mol. The van der Waals surface area contributed by atoms with Crippen molar-refractivity contribution in [2.45, 2.75) is 38.6 Å². The molecule has 1 saturated heterocycles. The molecule has 2 aliphatic rings. The van der Waals surface area contributed by atoms with Gasteiger partial charge in [0.25, 0.3) is 0 Å². The average molecular weight is 224 g/mol. The van der Waals surface area contributed by atoms with Gasteiger partial charge in [-0.15, -0.1) is 0 Å². The predicted octanol–water partition coefficient (Wildman–Crippen LogP) is 1.38. The summed E-state index contributed by atoms with van der Waals surface area (Å²) in [5.74, 6) is 0.888. The molecule has 2 fully saturated rings. The van der Waals surface area contributed by atoms with E-state index >= 15 is 0 Å². The lowest BCUT2D eigenvalue weighted by molar-refractivity contribution is -0.121. The van der Waals surface area contributed by atoms with Gasteiger partial charge in [-0.1, -0.05) is 6.92 Å². The zero-order valence-electron chi connectivity index (χ0n) is 10.6. The summed E-state index contributed by atoms with van der Waals surface area (Å²) in [7, 11) is 2.12. The van der Waals surface area contributed by atoms with Gasteiger partial charge < -0.3 is 4.90 Å². The Bertz CT molecular complexity index is 242. The lowest BCUT2D eigenvalue weighted by Gasteiger charge is -2.36. The van der Waals surface area contributed by atoms with Crippen LogP contribution in [-0.2, 0) is 4.79 Å². The van der Waals surface area contributed by atoms with Gasteiger partial charge in [-0.3, -0.25) is 9.69 Å². The number of carbonyl (C=O) groups excluding carboxylic acids is 1. The Morgan fingerprint density at radius 1 is 1.25 bits per heavy atom. The van der Waals surface area contributed by atoms with Crippen molar-refractivity contribution in [1.82, 2.24) is 9.80 Å². The molecule has 3 heteroatoms. The number of rotatable bonds is 5. The summed E-state index contributed by atoms with van der Waals surface area (Å²) in [4.78, 5) is 16.5. The maximum absolute atomic E-state index is 11.7. The largest absolute Gasteiger partial charge is 0.303 e. The maximum atomic E-state index is 11.7. The first-order valence-electron chi connectivity index (χ1n) is 6.66. The average Bonchev–Trinajstić information content (AvgIpc) is 3.13. The van der Waals surface area contributed by atoms with Crippen molar-refractivity contribution in [3.63, 3.8) is 0 Å². The highest BCUT2D eigenvalue weighted by Crippen LogP contribution is 2.30. The Morgan fingerprint density at radius 3 is 2.38 bits per heavy atom. The van der Waals surface area contributed by atoms with Gasteiger partial charge in [-0.2, -0.15) is 0 Å². The van der Waals surface area contributed by atoms with Gasteiger partial charge in [0.2, 0.25) is 0 Å². The SMILES string of the molecule is CCN1CCC(N(C)CC(=O)C2CC2)CC1. The van der Waals surface area contributed by atoms with Crippen LogP contribution in [0.4, 0.5) is 0 Å². The van der Waals surface area contributed by atoms with E-state index in [1.165, 1.54) is 25.9 Å². The van der Waals surface area contributed by atoms with Crippen LogP contribution >= 0.6 is 0 Å². The molecule has 0 bridgehead atoms. The molecular formula is C13H24N2O. The number of likely N-dealkylation sites (tertiary alicyclic amines) is 1. The van der Waals surface area contributed by atoms with E-state index in [1.807, 2.05) is 0 Å². The van der Waals surface area contributed by atoms with Gasteiger partial charge in [0.05, 0.1) is 6.54 Å². The van der Waals surface area contributed by atoms with Gasteiger partial charge in [-0.05, 0) is 52.4 Å². The molecule has 16 heavy (non-hydrogen) atoms. The smallest absolute Gasteiger partial charge is 0.149 e. The van der Waals surface area contributed by atoms with Gasteiger partial charge in [0.15, 0.2) is 0 Å². The Morgan fingerprint density at radius 2 is 1.88 bits per heavy atom. The monoisotopic (exact) mass is 224 g/mol. The van der Waals surface area contributed by atoms with Crippen LogP contribution in [0.5, 0.6) is 0 Å². The van der Waals surface area contributed by atoms with Crippen LogP contribution in [0, 0.1) is 5.92 Å². The molecule has 0 amide bonds. The highest BCUT2D eigenvalue weighted by atomic mass is 16.1. The fourth-order valence-corrected chi connectivity index (χ4v) is 2.59. The van der Waals surface area contributed by atoms with Crippen molar-refractivity contribution in [3.05, 3.63) is 0 Å². The molecule has 0 aromatic carbocycles. The van der Waals surface area contributed by atoms with Crippen molar-refractivity contribution in [3.8, 4) is 0 Å². The van der Waals surface area contributed by atoms with Crippen LogP contribution in [0.3, 0.4) is 0 Å². The van der Waals surface area contributed by atoms with E-state index < -0.39 is 0 Å². The molecule has 0 spiro atoms. The summed E-state index contributed by atoms with van der Waals surface area (Å²) in [5.41, 5.74) is 0. The number of likely N-dealkylation sites (N-methyl/N-ethyl adjacent to an activating group) is 1. The molecule has 3 nitrogen and oxygen atoms in total. The molecule has 0 atom stereocenters. The third kappa shape index (κ3) is 3.05. The second kappa shape index (κ2) is 5.28. The zero-order valence-corrected chi connectivity index (χ0v) is 10.6. The lowest BCUT2D eigenvalue weighted by atomic mass is 10.0. The second-order valence-electron chi connectivity index (χ2n) is 5.32. The fraction of sp³-hybridized carbons (Fsp3) is 0.923. The Kier molecular flexibility index (Phi) is 3.98. The van der Waals surface area contributed by atoms with E-state index in [0.29, 0.717) is 24.3 Å². The molecule has 92 valence electrons. The van der Waals surface area contributed by atoms with Crippen LogP contribution in [0.1, 0.15) is 32.6 Å². The summed E-state index contributed by atoms with van der Waals surface area (Å²) in [5, 5.41) is 0. The standard InChI is InChI=1S/C13H24N2O/c1-3-15-8-6-12(7-9-15)14(2)10-13(16)11-4-5-11/h11-12H,3-10H2,1-2H3. The first-order valence-corrected chi connectivity index (χ1v) is 6.66. The minimum Gasteiger partial charge on any atom is -0.303 e. The van der Waals surface area contributed by atoms with Gasteiger partial charge in [0, 0.05) is 12.0 Å². The summed E-state index contributed by atoms with van der Waals surface area (Å²) >= 11 is 0. The zero-order chi connectivity index (χ0) is 11.5. The molecule has 0 radical (unpaired) electrons. The molecule has 1 aliphatic heterocycles. The first kappa shape index (κ1) is 12.1. The maximum Gasteiger partial charge on any atom is 0.149 e. The van der Waals surface area contributed by atoms with Gasteiger partial charge in [0.1, 0.15) is 5.78 Å². The summed E-state index contributed by atoms with van der Waals surface area (Å²) in [6, 6.07) is 0.630. The number of hydrogen-bond donors (Lipinski definition) is 0. The normalized spacial score (nSPS) is 23.9. The number of ketones is 1. The molecule has 2 rings (SSSR count). The number of piperidine rings is 1. The van der Waals surface area contributed by atoms with Crippen LogP contribution < -0.4 is 0 Å². The Balaban J connectivity index is 1.72. The predicted molar refractivity (Wildman–Crippen MR) is 65.5 cm³/mol. The summed E-state index contributed by atoms with van der Waals surface area (Å²) < 4.78 is 0. The lowest BCUT2D eigenvalue weighted by Crippen LogP contribution is -2.44. The van der Waals surface area contributed by atoms with E-state index in [-0.39, 0.29) is 0 Å². The molecule has 0 N–H and O–H groups in total. The Labute approximate surface area is 98.8 Å². The summed E-state index contributed by atoms with van der Waals surface area (Å²) in [6.07, 6.45) is 4.73. The summed E-state index contributed by atoms with van der Waals surface area (Å²) in [6.45, 7) is 6.46. The van der Waals surface area contributed by atoms with Crippen molar-refractivity contribution in [1.29, 1.82) is 0 Å². The van der Waals surface area contributed by atoms with Crippen molar-refractivity contribution in [2.24, 2.45) is 5.92 Å². The molecule has 0 unspecified atom stereocenters. The molecule has 1 heterocycles. The highest BCUT2D eigenvalue weighted by molar-refractivity contribution is 5.84. The van der Waals surface area contributed by atoms with Gasteiger partial charge >= 0.3 is 0 Å². The topological polar surface area (TPSA) is 23.6 Å². The van der Waals surface area contributed by atoms with E-state index in [9.17, 15) is 4.79 Å². The van der Waals surface area contributed by atoms with Gasteiger partial charge in [-0.25, -0.2) is 0 Å². The van der Waals surface area contributed by atoms with Crippen LogP contribution in [0.15, 0.2) is 0 Å². The van der Waals surface area contributed by atoms with Crippen molar-refractivity contribution in [2.75, 3.05) is 33.2 Å². The Hall–Kier alpha value is -0.410. The third-order valence-electron chi connectivity index (χ3n) is 4.07. The highest BCUT2D eigenvalue weighted by Gasteiger charge is 2.31. The van der Waals surface area contributed by atoms with Crippen molar-refractivity contribution < 1.29 is 4.79 Å². The fourth-order valence-electron chi connectivity index (χ4n) is 2.59. The third-order valence-corrected chi connectivity index (χ3v) is 4.07. The first-order chi connectivity index (χ1) is 7.70. The molecule has 1 saturated carbocycles. The van der Waals surface area contributed by atoms with Crippen LogP contribution in [-0.4, -0.2) is 54.9 Å². The molecule has 1 aliphatic carbocycles. The molecule has 0 aromatic rings. The van der Waals surface area contributed by atoms with E-state index in [1.54, 1.807) is 0 Å². The number of nitrogens with zero attached hydrogens (tertiary/aromatic N) is 2. The molecule has 0 aromatic heterocycles.